The minimum atomic E-state index is -5.08. The molecule has 0 aliphatic carbocycles. The molecule has 11 heteroatoms. The zero-order valence-corrected chi connectivity index (χ0v) is 12.0. The Balaban J connectivity index is 0.000000585. The summed E-state index contributed by atoms with van der Waals surface area (Å²) in [4.78, 5) is 32.3. The highest BCUT2D eigenvalue weighted by molar-refractivity contribution is 6.12. The van der Waals surface area contributed by atoms with E-state index in [1.165, 1.54) is 12.2 Å². The van der Waals surface area contributed by atoms with Crippen molar-refractivity contribution < 1.29 is 42.1 Å². The molecule has 0 aromatic rings. The molecule has 1 aliphatic rings. The van der Waals surface area contributed by atoms with E-state index in [2.05, 4.69) is 0 Å². The maximum atomic E-state index is 11.1. The fourth-order valence-corrected chi connectivity index (χ4v) is 1.21. The van der Waals surface area contributed by atoms with Gasteiger partial charge in [0.2, 0.25) is 0 Å². The molecule has 0 saturated carbocycles. The molecule has 0 spiro atoms. The molecule has 0 fully saturated rings. The van der Waals surface area contributed by atoms with Gasteiger partial charge in [0.1, 0.15) is 0 Å². The van der Waals surface area contributed by atoms with Gasteiger partial charge in [-0.1, -0.05) is 0 Å². The lowest BCUT2D eigenvalue weighted by Gasteiger charge is -2.13. The van der Waals surface area contributed by atoms with Gasteiger partial charge in [0.25, 0.3) is 11.8 Å². The molecule has 1 rings (SSSR count). The van der Waals surface area contributed by atoms with E-state index in [0.717, 1.165) is 4.90 Å². The van der Waals surface area contributed by atoms with Crippen molar-refractivity contribution in [1.29, 1.82) is 0 Å². The number of carbonyl (C=O) groups is 3. The standard InChI is InChI=1S/C10H16N2O4.C2HF3O2/c11-3-5-15-7-8-16-6-4-12-9(13)1-2-10(12)14;3-2(4,5)1(6)7/h1-2H,3-8,11H2;(H,6,7). The summed E-state index contributed by atoms with van der Waals surface area (Å²) in [6, 6.07) is 0. The summed E-state index contributed by atoms with van der Waals surface area (Å²) in [6.45, 7) is 2.51. The Morgan fingerprint density at radius 2 is 1.52 bits per heavy atom. The molecule has 0 radical (unpaired) electrons. The van der Waals surface area contributed by atoms with Crippen molar-refractivity contribution in [2.24, 2.45) is 5.73 Å². The van der Waals surface area contributed by atoms with Gasteiger partial charge < -0.3 is 20.3 Å². The second-order valence-corrected chi connectivity index (χ2v) is 3.98. The number of carbonyl (C=O) groups excluding carboxylic acids is 2. The van der Waals surface area contributed by atoms with Gasteiger partial charge in [0.15, 0.2) is 0 Å². The molecule has 132 valence electrons. The average molecular weight is 342 g/mol. The van der Waals surface area contributed by atoms with E-state index in [0.29, 0.717) is 33.0 Å². The van der Waals surface area contributed by atoms with Gasteiger partial charge in [-0.15, -0.1) is 0 Å². The summed E-state index contributed by atoms with van der Waals surface area (Å²) in [5.41, 5.74) is 5.23. The molecule has 23 heavy (non-hydrogen) atoms. The summed E-state index contributed by atoms with van der Waals surface area (Å²) in [6.07, 6.45) is -2.57. The lowest BCUT2D eigenvalue weighted by atomic mass is 10.5. The van der Waals surface area contributed by atoms with Crippen LogP contribution in [-0.4, -0.2) is 73.5 Å². The van der Waals surface area contributed by atoms with E-state index in [4.69, 9.17) is 25.1 Å². The first kappa shape index (κ1) is 21.0. The van der Waals surface area contributed by atoms with E-state index >= 15 is 0 Å². The second-order valence-electron chi connectivity index (χ2n) is 3.98. The number of nitrogens with zero attached hydrogens (tertiary/aromatic N) is 1. The largest absolute Gasteiger partial charge is 0.490 e. The Bertz CT molecular complexity index is 421. The number of ether oxygens (including phenoxy) is 2. The molecular formula is C12H17F3N2O6. The molecule has 0 saturated heterocycles. The minimum absolute atomic E-state index is 0.279. The Labute approximate surface area is 129 Å². The summed E-state index contributed by atoms with van der Waals surface area (Å²) in [7, 11) is 0. The van der Waals surface area contributed by atoms with E-state index in [9.17, 15) is 22.8 Å². The number of hydrogen-bond acceptors (Lipinski definition) is 6. The first-order valence-electron chi connectivity index (χ1n) is 6.39. The van der Waals surface area contributed by atoms with Crippen LogP contribution in [-0.2, 0) is 23.9 Å². The number of amides is 2. The van der Waals surface area contributed by atoms with Crippen LogP contribution in [0.15, 0.2) is 12.2 Å². The summed E-state index contributed by atoms with van der Waals surface area (Å²) >= 11 is 0. The van der Waals surface area contributed by atoms with Crippen LogP contribution in [0.4, 0.5) is 13.2 Å². The number of aliphatic carboxylic acids is 1. The zero-order chi connectivity index (χ0) is 17.9. The number of imide groups is 1. The number of halogens is 3. The van der Waals surface area contributed by atoms with Crippen LogP contribution in [0.2, 0.25) is 0 Å². The molecule has 1 heterocycles. The molecule has 0 unspecified atom stereocenters. The maximum absolute atomic E-state index is 11.1. The van der Waals surface area contributed by atoms with Gasteiger partial charge in [0, 0.05) is 18.7 Å². The third-order valence-electron chi connectivity index (χ3n) is 2.24. The average Bonchev–Trinajstić information content (AvgIpc) is 2.77. The van der Waals surface area contributed by atoms with E-state index in [-0.39, 0.29) is 18.4 Å². The van der Waals surface area contributed by atoms with Crippen LogP contribution in [0.1, 0.15) is 0 Å². The molecule has 0 bridgehead atoms. The Kier molecular flexibility index (Phi) is 9.78. The fraction of sp³-hybridized carbons (Fsp3) is 0.583. The van der Waals surface area contributed by atoms with Gasteiger partial charge >= 0.3 is 12.1 Å². The number of carboxylic acid groups (broad SMARTS) is 1. The maximum Gasteiger partial charge on any atom is 0.490 e. The number of carboxylic acids is 1. The molecule has 1 aliphatic heterocycles. The van der Waals surface area contributed by atoms with Crippen LogP contribution in [0, 0.1) is 0 Å². The SMILES string of the molecule is NCCOCCOCCN1C(=O)C=CC1=O.O=C(O)C(F)(F)F. The van der Waals surface area contributed by atoms with Crippen molar-refractivity contribution in [3.63, 3.8) is 0 Å². The van der Waals surface area contributed by atoms with Crippen LogP contribution in [0.3, 0.4) is 0 Å². The van der Waals surface area contributed by atoms with E-state index < -0.39 is 12.1 Å². The van der Waals surface area contributed by atoms with Gasteiger partial charge in [-0.2, -0.15) is 13.2 Å². The molecule has 0 aromatic heterocycles. The molecule has 0 aromatic carbocycles. The minimum Gasteiger partial charge on any atom is -0.475 e. The molecule has 3 N–H and O–H groups in total. The predicted molar refractivity (Wildman–Crippen MR) is 70.2 cm³/mol. The monoisotopic (exact) mass is 342 g/mol. The summed E-state index contributed by atoms with van der Waals surface area (Å²) in [5.74, 6) is -3.33. The van der Waals surface area contributed by atoms with Gasteiger partial charge in [-0.25, -0.2) is 4.79 Å². The second kappa shape index (κ2) is 10.7. The molecule has 0 atom stereocenters. The highest BCUT2D eigenvalue weighted by Gasteiger charge is 2.38. The number of rotatable bonds is 8. The van der Waals surface area contributed by atoms with Crippen LogP contribution >= 0.6 is 0 Å². The number of hydrogen-bond donors (Lipinski definition) is 2. The number of nitrogens with two attached hydrogens (primary N) is 1. The van der Waals surface area contributed by atoms with Crippen molar-refractivity contribution >= 4 is 17.8 Å². The number of alkyl halides is 3. The highest BCUT2D eigenvalue weighted by atomic mass is 19.4. The third kappa shape index (κ3) is 9.60. The highest BCUT2D eigenvalue weighted by Crippen LogP contribution is 2.13. The Morgan fingerprint density at radius 1 is 1.09 bits per heavy atom. The normalized spacial score (nSPS) is 14.0. The van der Waals surface area contributed by atoms with E-state index in [1.54, 1.807) is 0 Å². The van der Waals surface area contributed by atoms with Crippen LogP contribution < -0.4 is 5.73 Å². The molecule has 8 nitrogen and oxygen atoms in total. The Hall–Kier alpha value is -1.98. The third-order valence-corrected chi connectivity index (χ3v) is 2.24. The summed E-state index contributed by atoms with van der Waals surface area (Å²) in [5, 5.41) is 7.12. The van der Waals surface area contributed by atoms with Crippen LogP contribution in [0.25, 0.3) is 0 Å². The van der Waals surface area contributed by atoms with Gasteiger partial charge in [0.05, 0.1) is 33.0 Å². The fourth-order valence-electron chi connectivity index (χ4n) is 1.21. The van der Waals surface area contributed by atoms with Crippen molar-refractivity contribution in [3.05, 3.63) is 12.2 Å². The quantitative estimate of drug-likeness (QED) is 0.452. The van der Waals surface area contributed by atoms with Gasteiger partial charge in [-0.05, 0) is 0 Å². The zero-order valence-electron chi connectivity index (χ0n) is 12.0. The topological polar surface area (TPSA) is 119 Å². The first-order valence-corrected chi connectivity index (χ1v) is 6.39. The first-order chi connectivity index (χ1) is 10.7. The van der Waals surface area contributed by atoms with Gasteiger partial charge in [-0.3, -0.25) is 14.5 Å². The lowest BCUT2D eigenvalue weighted by Crippen LogP contribution is -2.33. The lowest BCUT2D eigenvalue weighted by molar-refractivity contribution is -0.192. The molecule has 2 amide bonds. The van der Waals surface area contributed by atoms with Crippen molar-refractivity contribution in [1.82, 2.24) is 4.90 Å². The molecular weight excluding hydrogens is 325 g/mol. The summed E-state index contributed by atoms with van der Waals surface area (Å²) < 4.78 is 42.0. The smallest absolute Gasteiger partial charge is 0.475 e. The van der Waals surface area contributed by atoms with Crippen LogP contribution in [0.5, 0.6) is 0 Å². The van der Waals surface area contributed by atoms with Crippen molar-refractivity contribution in [2.75, 3.05) is 39.5 Å². The van der Waals surface area contributed by atoms with E-state index in [1.807, 2.05) is 0 Å². The van der Waals surface area contributed by atoms with Crippen molar-refractivity contribution in [2.45, 2.75) is 6.18 Å². The Morgan fingerprint density at radius 3 is 1.91 bits per heavy atom. The predicted octanol–water partition coefficient (Wildman–Crippen LogP) is -0.463. The van der Waals surface area contributed by atoms with Crippen molar-refractivity contribution in [3.8, 4) is 0 Å².